The maximum atomic E-state index is 4.81. The highest BCUT2D eigenvalue weighted by molar-refractivity contribution is 7.15. The minimum Gasteiger partial charge on any atom is -0.355 e. The molecule has 4 nitrogen and oxygen atoms in total. The molecule has 0 spiro atoms. The minimum atomic E-state index is 0.869. The summed E-state index contributed by atoms with van der Waals surface area (Å²) in [5.74, 6) is 2.07. The summed E-state index contributed by atoms with van der Waals surface area (Å²) < 4.78 is 2.21. The summed E-state index contributed by atoms with van der Waals surface area (Å²) in [6.45, 7) is 5.30. The van der Waals surface area contributed by atoms with E-state index in [1.165, 1.54) is 24.4 Å². The summed E-state index contributed by atoms with van der Waals surface area (Å²) in [5.41, 5.74) is 1.29. The van der Waals surface area contributed by atoms with E-state index in [4.69, 9.17) is 4.98 Å². The Morgan fingerprint density at radius 1 is 1.56 bits per heavy atom. The fourth-order valence-electron chi connectivity index (χ4n) is 2.38. The van der Waals surface area contributed by atoms with Gasteiger partial charge in [-0.25, -0.2) is 4.98 Å². The van der Waals surface area contributed by atoms with Crippen molar-refractivity contribution in [1.82, 2.24) is 14.7 Å². The highest BCUT2D eigenvalue weighted by Gasteiger charge is 2.26. The molecule has 0 bridgehead atoms. The third-order valence-corrected chi connectivity index (χ3v) is 4.30. The van der Waals surface area contributed by atoms with E-state index in [0.717, 1.165) is 30.5 Å². The fourth-order valence-corrected chi connectivity index (χ4v) is 3.11. The van der Waals surface area contributed by atoms with Crippen LogP contribution < -0.4 is 10.2 Å². The molecule has 0 aromatic carbocycles. The molecule has 1 fully saturated rings. The summed E-state index contributed by atoms with van der Waals surface area (Å²) in [6.07, 6.45) is 4.90. The monoisotopic (exact) mass is 264 g/mol. The Bertz CT molecular complexity index is 526. The molecular weight excluding hydrogens is 244 g/mol. The number of thiazole rings is 1. The Labute approximate surface area is 112 Å². The molecule has 2 aromatic heterocycles. The fraction of sp³-hybridized carbons (Fsp3) is 0.615. The second-order valence-corrected chi connectivity index (χ2v) is 5.82. The molecule has 18 heavy (non-hydrogen) atoms. The van der Waals surface area contributed by atoms with Crippen LogP contribution in [0.4, 0.5) is 5.82 Å². The van der Waals surface area contributed by atoms with Crippen molar-refractivity contribution in [2.75, 3.05) is 25.0 Å². The number of imidazole rings is 1. The van der Waals surface area contributed by atoms with Crippen LogP contribution in [0.2, 0.25) is 0 Å². The van der Waals surface area contributed by atoms with Crippen molar-refractivity contribution >= 4 is 22.1 Å². The maximum Gasteiger partial charge on any atom is 0.195 e. The van der Waals surface area contributed by atoms with Gasteiger partial charge in [0.25, 0.3) is 0 Å². The van der Waals surface area contributed by atoms with E-state index in [9.17, 15) is 0 Å². The lowest BCUT2D eigenvalue weighted by Gasteiger charge is -2.21. The van der Waals surface area contributed by atoms with Gasteiger partial charge in [-0.1, -0.05) is 0 Å². The summed E-state index contributed by atoms with van der Waals surface area (Å²) in [4.78, 5) is 8.35. The normalized spacial score (nSPS) is 15.4. The van der Waals surface area contributed by atoms with Crippen molar-refractivity contribution in [3.05, 3.63) is 17.3 Å². The average Bonchev–Trinajstić information content (AvgIpc) is 2.97. The van der Waals surface area contributed by atoms with Gasteiger partial charge in [-0.3, -0.25) is 4.40 Å². The van der Waals surface area contributed by atoms with E-state index in [1.807, 2.05) is 7.05 Å². The van der Waals surface area contributed by atoms with Crippen LogP contribution in [0, 0.1) is 5.92 Å². The van der Waals surface area contributed by atoms with Gasteiger partial charge in [0.15, 0.2) is 10.8 Å². The minimum absolute atomic E-state index is 0.869. The van der Waals surface area contributed by atoms with E-state index >= 15 is 0 Å². The van der Waals surface area contributed by atoms with E-state index < -0.39 is 0 Å². The summed E-state index contributed by atoms with van der Waals surface area (Å²) in [7, 11) is 1.99. The zero-order valence-electron chi connectivity index (χ0n) is 11.0. The smallest absolute Gasteiger partial charge is 0.195 e. The second kappa shape index (κ2) is 4.90. The Morgan fingerprint density at radius 2 is 2.39 bits per heavy atom. The van der Waals surface area contributed by atoms with E-state index in [0.29, 0.717) is 0 Å². The Kier molecular flexibility index (Phi) is 3.26. The van der Waals surface area contributed by atoms with Crippen LogP contribution in [0.5, 0.6) is 0 Å². The highest BCUT2D eigenvalue weighted by atomic mass is 32.1. The largest absolute Gasteiger partial charge is 0.355 e. The van der Waals surface area contributed by atoms with E-state index in [-0.39, 0.29) is 0 Å². The van der Waals surface area contributed by atoms with Gasteiger partial charge in [-0.15, -0.1) is 11.3 Å². The first kappa shape index (κ1) is 12.0. The topological polar surface area (TPSA) is 32.6 Å². The first-order valence-corrected chi connectivity index (χ1v) is 7.55. The lowest BCUT2D eigenvalue weighted by Crippen LogP contribution is -2.27. The maximum absolute atomic E-state index is 4.81. The molecule has 0 amide bonds. The first-order chi connectivity index (χ1) is 8.83. The average molecular weight is 264 g/mol. The zero-order valence-corrected chi connectivity index (χ0v) is 11.8. The molecule has 1 N–H and O–H groups in total. The van der Waals surface area contributed by atoms with Gasteiger partial charge in [-0.2, -0.15) is 0 Å². The molecule has 0 aliphatic heterocycles. The third-order valence-electron chi connectivity index (χ3n) is 3.54. The highest BCUT2D eigenvalue weighted by Crippen LogP contribution is 2.32. The van der Waals surface area contributed by atoms with Gasteiger partial charge >= 0.3 is 0 Å². The number of nitrogens with zero attached hydrogens (tertiary/aromatic N) is 3. The van der Waals surface area contributed by atoms with E-state index in [2.05, 4.69) is 33.1 Å². The molecule has 98 valence electrons. The van der Waals surface area contributed by atoms with Gasteiger partial charge in [0.2, 0.25) is 0 Å². The van der Waals surface area contributed by atoms with Gasteiger partial charge < -0.3 is 10.2 Å². The second-order valence-electron chi connectivity index (χ2n) is 4.95. The van der Waals surface area contributed by atoms with Gasteiger partial charge in [0.1, 0.15) is 0 Å². The van der Waals surface area contributed by atoms with Crippen molar-refractivity contribution in [2.45, 2.75) is 26.3 Å². The third kappa shape index (κ3) is 2.12. The molecule has 1 aliphatic carbocycles. The Hall–Kier alpha value is -1.07. The zero-order chi connectivity index (χ0) is 12.5. The van der Waals surface area contributed by atoms with Crippen LogP contribution >= 0.6 is 11.3 Å². The summed E-state index contributed by atoms with van der Waals surface area (Å²) in [6, 6.07) is 0. The molecule has 1 saturated carbocycles. The quantitative estimate of drug-likeness (QED) is 0.869. The van der Waals surface area contributed by atoms with Crippen molar-refractivity contribution in [2.24, 2.45) is 5.92 Å². The predicted molar refractivity (Wildman–Crippen MR) is 76.4 cm³/mol. The molecular formula is C13H20N4S. The van der Waals surface area contributed by atoms with Crippen LogP contribution in [0.15, 0.2) is 11.6 Å². The number of aromatic nitrogens is 2. The van der Waals surface area contributed by atoms with Crippen LogP contribution in [0.1, 0.15) is 25.5 Å². The molecule has 0 saturated heterocycles. The Morgan fingerprint density at radius 3 is 3.06 bits per heavy atom. The lowest BCUT2D eigenvalue weighted by molar-refractivity contribution is 0.716. The summed E-state index contributed by atoms with van der Waals surface area (Å²) in [5, 5.41) is 5.36. The molecule has 0 radical (unpaired) electrons. The van der Waals surface area contributed by atoms with Crippen molar-refractivity contribution in [3.63, 3.8) is 0 Å². The van der Waals surface area contributed by atoms with Crippen LogP contribution in [-0.2, 0) is 6.54 Å². The molecule has 2 aromatic rings. The number of rotatable bonds is 6. The molecule has 2 heterocycles. The number of nitrogens with one attached hydrogen (secondary N) is 1. The number of anilines is 1. The number of hydrogen-bond donors (Lipinski definition) is 1. The van der Waals surface area contributed by atoms with Gasteiger partial charge in [0.05, 0.1) is 5.69 Å². The summed E-state index contributed by atoms with van der Waals surface area (Å²) >= 11 is 1.71. The molecule has 1 aliphatic rings. The molecule has 5 heteroatoms. The number of fused-ring (bicyclic) bond motifs is 1. The van der Waals surface area contributed by atoms with Crippen LogP contribution in [0.3, 0.4) is 0 Å². The first-order valence-electron chi connectivity index (χ1n) is 6.67. The van der Waals surface area contributed by atoms with Crippen molar-refractivity contribution in [1.29, 1.82) is 0 Å². The van der Waals surface area contributed by atoms with Crippen molar-refractivity contribution < 1.29 is 0 Å². The van der Waals surface area contributed by atoms with Gasteiger partial charge in [0, 0.05) is 31.2 Å². The number of hydrogen-bond acceptors (Lipinski definition) is 4. The van der Waals surface area contributed by atoms with Gasteiger partial charge in [-0.05, 0) is 32.7 Å². The molecule has 0 unspecified atom stereocenters. The van der Waals surface area contributed by atoms with Crippen molar-refractivity contribution in [3.8, 4) is 0 Å². The Balaban J connectivity index is 1.96. The molecule has 0 atom stereocenters. The van der Waals surface area contributed by atoms with E-state index in [1.54, 1.807) is 11.3 Å². The van der Waals surface area contributed by atoms with Crippen LogP contribution in [0.25, 0.3) is 4.96 Å². The molecule has 3 rings (SSSR count). The van der Waals surface area contributed by atoms with Crippen LogP contribution in [-0.4, -0.2) is 29.5 Å². The SMILES string of the molecule is CCN(CC1CC1)c1nc2sccn2c1CNC. The lowest BCUT2D eigenvalue weighted by atomic mass is 10.3. The predicted octanol–water partition coefficient (Wildman–Crippen LogP) is 2.35. The standard InChI is InChI=1S/C13H20N4S/c1-3-16(9-10-4-5-10)12-11(8-14-2)17-6-7-18-13(17)15-12/h6-7,10,14H,3-5,8-9H2,1-2H3.